The van der Waals surface area contributed by atoms with E-state index in [0.717, 1.165) is 37.8 Å². The lowest BCUT2D eigenvalue weighted by Crippen LogP contribution is -1.89. The van der Waals surface area contributed by atoms with E-state index in [0.29, 0.717) is 0 Å². The average Bonchev–Trinajstić information content (AvgIpc) is 2.96. The van der Waals surface area contributed by atoms with Crippen molar-refractivity contribution in [2.75, 3.05) is 5.73 Å². The second-order valence-corrected chi connectivity index (χ2v) is 6.45. The van der Waals surface area contributed by atoms with Crippen LogP contribution in [0, 0.1) is 0 Å². The summed E-state index contributed by atoms with van der Waals surface area (Å²) < 4.78 is 6.37. The second-order valence-electron chi connectivity index (χ2n) is 4.52. The van der Waals surface area contributed by atoms with E-state index < -0.39 is 0 Å². The van der Waals surface area contributed by atoms with E-state index in [1.807, 2.05) is 54.6 Å². The van der Waals surface area contributed by atoms with Gasteiger partial charge in [-0.05, 0) is 18.2 Å². The molecule has 0 radical (unpaired) electrons. The van der Waals surface area contributed by atoms with Gasteiger partial charge in [-0.2, -0.15) is 0 Å². The molecular formula is C16H13BrN2OS. The summed E-state index contributed by atoms with van der Waals surface area (Å²) >= 11 is 5.05. The maximum atomic E-state index is 5.99. The number of aromatic nitrogens is 1. The quantitative estimate of drug-likeness (QED) is 0.526. The van der Waals surface area contributed by atoms with Gasteiger partial charge in [-0.1, -0.05) is 51.4 Å². The Morgan fingerprint density at radius 2 is 1.90 bits per heavy atom. The van der Waals surface area contributed by atoms with Crippen LogP contribution < -0.4 is 5.73 Å². The van der Waals surface area contributed by atoms with Crippen LogP contribution in [-0.2, 0) is 5.75 Å². The van der Waals surface area contributed by atoms with Crippen molar-refractivity contribution in [3.05, 3.63) is 64.8 Å². The van der Waals surface area contributed by atoms with Crippen LogP contribution >= 0.6 is 27.7 Å². The van der Waals surface area contributed by atoms with Crippen LogP contribution in [0.4, 0.5) is 5.69 Å². The highest BCUT2D eigenvalue weighted by molar-refractivity contribution is 9.10. The fourth-order valence-corrected chi connectivity index (χ4v) is 3.13. The Labute approximate surface area is 135 Å². The molecule has 5 heteroatoms. The summed E-state index contributed by atoms with van der Waals surface area (Å²) in [6.45, 7) is 0. The van der Waals surface area contributed by atoms with Gasteiger partial charge in [0.15, 0.2) is 5.76 Å². The largest absolute Gasteiger partial charge is 0.398 e. The molecule has 0 atom stereocenters. The van der Waals surface area contributed by atoms with Gasteiger partial charge in [0.2, 0.25) is 0 Å². The van der Waals surface area contributed by atoms with Crippen molar-refractivity contribution in [2.24, 2.45) is 0 Å². The Morgan fingerprint density at radius 3 is 2.67 bits per heavy atom. The molecule has 2 aromatic carbocycles. The van der Waals surface area contributed by atoms with Crippen LogP contribution in [0.3, 0.4) is 0 Å². The zero-order valence-electron chi connectivity index (χ0n) is 11.1. The first-order chi connectivity index (χ1) is 10.2. The molecule has 0 saturated heterocycles. The predicted molar refractivity (Wildman–Crippen MR) is 90.1 cm³/mol. The van der Waals surface area contributed by atoms with Crippen LogP contribution in [-0.4, -0.2) is 5.16 Å². The summed E-state index contributed by atoms with van der Waals surface area (Å²) in [4.78, 5) is 1.04. The lowest BCUT2D eigenvalue weighted by atomic mass is 10.2. The highest BCUT2D eigenvalue weighted by Crippen LogP contribution is 2.31. The molecule has 0 amide bonds. The average molecular weight is 361 g/mol. The molecule has 0 fully saturated rings. The van der Waals surface area contributed by atoms with Crippen molar-refractivity contribution < 1.29 is 4.52 Å². The SMILES string of the molecule is Nc1cc(Br)ccc1SCc1cc(-c2ccccc2)on1. The summed E-state index contributed by atoms with van der Waals surface area (Å²) in [7, 11) is 0. The van der Waals surface area contributed by atoms with Gasteiger partial charge in [-0.25, -0.2) is 0 Å². The molecule has 106 valence electrons. The van der Waals surface area contributed by atoms with Crippen LogP contribution in [0.2, 0.25) is 0 Å². The smallest absolute Gasteiger partial charge is 0.167 e. The monoisotopic (exact) mass is 360 g/mol. The van der Waals surface area contributed by atoms with Crippen LogP contribution in [0.5, 0.6) is 0 Å². The number of benzene rings is 2. The van der Waals surface area contributed by atoms with Gasteiger partial charge in [0.05, 0.1) is 5.69 Å². The van der Waals surface area contributed by atoms with Crippen molar-refractivity contribution in [1.82, 2.24) is 5.16 Å². The molecule has 0 aliphatic heterocycles. The van der Waals surface area contributed by atoms with Crippen molar-refractivity contribution in [3.8, 4) is 11.3 Å². The van der Waals surface area contributed by atoms with E-state index in [1.54, 1.807) is 11.8 Å². The number of hydrogen-bond donors (Lipinski definition) is 1. The molecule has 0 aliphatic carbocycles. The van der Waals surface area contributed by atoms with Gasteiger partial charge in [0, 0.05) is 32.4 Å². The molecule has 0 aliphatic rings. The van der Waals surface area contributed by atoms with E-state index in [1.165, 1.54) is 0 Å². The number of anilines is 1. The molecule has 0 unspecified atom stereocenters. The number of hydrogen-bond acceptors (Lipinski definition) is 4. The highest BCUT2D eigenvalue weighted by Gasteiger charge is 2.08. The van der Waals surface area contributed by atoms with E-state index in [9.17, 15) is 0 Å². The first kappa shape index (κ1) is 14.2. The summed E-state index contributed by atoms with van der Waals surface area (Å²) in [5, 5.41) is 4.11. The summed E-state index contributed by atoms with van der Waals surface area (Å²) in [6.07, 6.45) is 0. The third-order valence-corrected chi connectivity index (χ3v) is 4.58. The van der Waals surface area contributed by atoms with Crippen LogP contribution in [0.1, 0.15) is 5.69 Å². The molecule has 0 spiro atoms. The van der Waals surface area contributed by atoms with E-state index in [-0.39, 0.29) is 0 Å². The van der Waals surface area contributed by atoms with Crippen molar-refractivity contribution in [1.29, 1.82) is 0 Å². The van der Waals surface area contributed by atoms with Gasteiger partial charge < -0.3 is 10.3 Å². The molecule has 1 aromatic heterocycles. The van der Waals surface area contributed by atoms with Crippen molar-refractivity contribution in [2.45, 2.75) is 10.6 Å². The summed E-state index contributed by atoms with van der Waals surface area (Å²) in [5.41, 5.74) is 8.69. The Kier molecular flexibility index (Phi) is 4.31. The number of nitrogens with zero attached hydrogens (tertiary/aromatic N) is 1. The van der Waals surface area contributed by atoms with Crippen molar-refractivity contribution in [3.63, 3.8) is 0 Å². The number of rotatable bonds is 4. The zero-order valence-corrected chi connectivity index (χ0v) is 13.5. The van der Waals surface area contributed by atoms with Crippen LogP contribution in [0.15, 0.2) is 68.5 Å². The molecule has 3 rings (SSSR count). The molecule has 1 heterocycles. The van der Waals surface area contributed by atoms with Gasteiger partial charge in [-0.15, -0.1) is 11.8 Å². The maximum absolute atomic E-state index is 5.99. The fourth-order valence-electron chi connectivity index (χ4n) is 1.92. The number of nitrogen functional groups attached to an aromatic ring is 1. The first-order valence-corrected chi connectivity index (χ1v) is 8.19. The zero-order chi connectivity index (χ0) is 14.7. The van der Waals surface area contributed by atoms with Gasteiger partial charge in [0.1, 0.15) is 0 Å². The normalized spacial score (nSPS) is 10.7. The third kappa shape index (κ3) is 3.49. The summed E-state index contributed by atoms with van der Waals surface area (Å²) in [5.74, 6) is 1.51. The number of nitrogens with two attached hydrogens (primary N) is 1. The van der Waals surface area contributed by atoms with E-state index in [4.69, 9.17) is 10.3 Å². The minimum absolute atomic E-state index is 0.724. The Bertz CT molecular complexity index is 743. The number of halogens is 1. The molecule has 21 heavy (non-hydrogen) atoms. The topological polar surface area (TPSA) is 52.0 Å². The standard InChI is InChI=1S/C16H13BrN2OS/c17-12-6-7-16(14(18)8-12)21-10-13-9-15(20-19-13)11-4-2-1-3-5-11/h1-9H,10,18H2. The Balaban J connectivity index is 1.70. The highest BCUT2D eigenvalue weighted by atomic mass is 79.9. The minimum atomic E-state index is 0.724. The Hall–Kier alpha value is -1.72. The minimum Gasteiger partial charge on any atom is -0.398 e. The van der Waals surface area contributed by atoms with Crippen LogP contribution in [0.25, 0.3) is 11.3 Å². The van der Waals surface area contributed by atoms with E-state index >= 15 is 0 Å². The molecule has 0 saturated carbocycles. The van der Waals surface area contributed by atoms with E-state index in [2.05, 4.69) is 21.1 Å². The first-order valence-electron chi connectivity index (χ1n) is 6.41. The van der Waals surface area contributed by atoms with Gasteiger partial charge >= 0.3 is 0 Å². The molecule has 3 aromatic rings. The second kappa shape index (κ2) is 6.37. The molecule has 3 nitrogen and oxygen atoms in total. The molecule has 2 N–H and O–H groups in total. The Morgan fingerprint density at radius 1 is 1.10 bits per heavy atom. The maximum Gasteiger partial charge on any atom is 0.167 e. The van der Waals surface area contributed by atoms with Gasteiger partial charge in [-0.3, -0.25) is 0 Å². The third-order valence-electron chi connectivity index (χ3n) is 2.96. The predicted octanol–water partition coefficient (Wildman–Crippen LogP) is 4.98. The van der Waals surface area contributed by atoms with Gasteiger partial charge in [0.25, 0.3) is 0 Å². The van der Waals surface area contributed by atoms with Crippen molar-refractivity contribution >= 4 is 33.4 Å². The molecule has 0 bridgehead atoms. The number of thioether (sulfide) groups is 1. The molecular weight excluding hydrogens is 348 g/mol. The lowest BCUT2D eigenvalue weighted by Gasteiger charge is -2.03. The fraction of sp³-hybridized carbons (Fsp3) is 0.0625. The lowest BCUT2D eigenvalue weighted by molar-refractivity contribution is 0.426. The summed E-state index contributed by atoms with van der Waals surface area (Å²) in [6, 6.07) is 17.8.